The molecule has 1 saturated heterocycles. The second-order valence-electron chi connectivity index (χ2n) is 4.59. The number of hydrogen-bond acceptors (Lipinski definition) is 3. The second-order valence-corrected chi connectivity index (χ2v) is 4.59. The van der Waals surface area contributed by atoms with Crippen LogP contribution >= 0.6 is 0 Å². The summed E-state index contributed by atoms with van der Waals surface area (Å²) in [5, 5.41) is 0. The molecule has 90 valence electrons. The van der Waals surface area contributed by atoms with Gasteiger partial charge in [0.25, 0.3) is 0 Å². The first-order chi connectivity index (χ1) is 8.40. The van der Waals surface area contributed by atoms with E-state index in [0.29, 0.717) is 5.92 Å². The highest BCUT2D eigenvalue weighted by atomic mass is 16.5. The molecule has 1 aromatic rings. The summed E-state index contributed by atoms with van der Waals surface area (Å²) >= 11 is 0. The van der Waals surface area contributed by atoms with Crippen LogP contribution in [0, 0.1) is 0 Å². The van der Waals surface area contributed by atoms with E-state index in [-0.39, 0.29) is 0 Å². The van der Waals surface area contributed by atoms with Crippen LogP contribution in [-0.2, 0) is 11.2 Å². The number of rotatable bonds is 2. The van der Waals surface area contributed by atoms with E-state index in [2.05, 4.69) is 17.1 Å². The van der Waals surface area contributed by atoms with Gasteiger partial charge in [0.05, 0.1) is 12.8 Å². The zero-order valence-electron chi connectivity index (χ0n) is 10.1. The van der Waals surface area contributed by atoms with Gasteiger partial charge in [-0.2, -0.15) is 0 Å². The lowest BCUT2D eigenvalue weighted by Crippen LogP contribution is -2.14. The molecule has 3 heteroatoms. The summed E-state index contributed by atoms with van der Waals surface area (Å²) in [4.78, 5) is 4.54. The third-order valence-corrected chi connectivity index (χ3v) is 3.67. The quantitative estimate of drug-likeness (QED) is 0.783. The Morgan fingerprint density at radius 2 is 2.12 bits per heavy atom. The van der Waals surface area contributed by atoms with Gasteiger partial charge in [-0.25, -0.2) is 0 Å². The molecule has 17 heavy (non-hydrogen) atoms. The maximum absolute atomic E-state index is 5.42. The maximum atomic E-state index is 5.42. The van der Waals surface area contributed by atoms with Crippen molar-refractivity contribution in [3.63, 3.8) is 0 Å². The molecule has 0 aliphatic carbocycles. The van der Waals surface area contributed by atoms with Crippen molar-refractivity contribution in [2.45, 2.75) is 25.2 Å². The molecule has 2 aliphatic rings. The fraction of sp³-hybridized carbons (Fsp3) is 0.500. The molecule has 1 aromatic carbocycles. The Labute approximate surface area is 101 Å². The Morgan fingerprint density at radius 1 is 1.29 bits per heavy atom. The number of nitrogens with zero attached hydrogens (tertiary/aromatic N) is 1. The van der Waals surface area contributed by atoms with Crippen LogP contribution in [0.5, 0.6) is 5.75 Å². The third kappa shape index (κ3) is 1.84. The molecule has 0 spiro atoms. The fourth-order valence-electron chi connectivity index (χ4n) is 2.74. The van der Waals surface area contributed by atoms with E-state index in [1.165, 1.54) is 11.1 Å². The lowest BCUT2D eigenvalue weighted by Gasteiger charge is -2.24. The van der Waals surface area contributed by atoms with Crippen molar-refractivity contribution in [1.29, 1.82) is 0 Å². The summed E-state index contributed by atoms with van der Waals surface area (Å²) in [5.74, 6) is 1.56. The summed E-state index contributed by atoms with van der Waals surface area (Å²) < 4.78 is 10.8. The number of ether oxygens (including phenoxy) is 2. The van der Waals surface area contributed by atoms with Crippen LogP contribution < -0.4 is 4.74 Å². The highest BCUT2D eigenvalue weighted by Crippen LogP contribution is 2.41. The van der Waals surface area contributed by atoms with Crippen molar-refractivity contribution in [2.24, 2.45) is 4.99 Å². The van der Waals surface area contributed by atoms with Gasteiger partial charge in [0, 0.05) is 31.4 Å². The molecule has 2 heterocycles. The molecule has 0 unspecified atom stereocenters. The highest BCUT2D eigenvalue weighted by molar-refractivity contribution is 5.80. The van der Waals surface area contributed by atoms with Gasteiger partial charge < -0.3 is 9.47 Å². The average molecular weight is 231 g/mol. The van der Waals surface area contributed by atoms with E-state index in [0.717, 1.165) is 43.9 Å². The van der Waals surface area contributed by atoms with E-state index >= 15 is 0 Å². The van der Waals surface area contributed by atoms with Crippen LogP contribution in [0.3, 0.4) is 0 Å². The lowest BCUT2D eigenvalue weighted by atomic mass is 9.89. The van der Waals surface area contributed by atoms with Crippen LogP contribution in [0.1, 0.15) is 29.9 Å². The first-order valence-electron chi connectivity index (χ1n) is 6.20. The van der Waals surface area contributed by atoms with Gasteiger partial charge in [0.1, 0.15) is 5.75 Å². The molecule has 3 rings (SSSR count). The Kier molecular flexibility index (Phi) is 2.85. The van der Waals surface area contributed by atoms with Gasteiger partial charge in [-0.15, -0.1) is 0 Å². The molecule has 1 fully saturated rings. The van der Waals surface area contributed by atoms with Crippen molar-refractivity contribution >= 4 is 11.9 Å². The smallest absolute Gasteiger partial charge is 0.124 e. The van der Waals surface area contributed by atoms with Gasteiger partial charge in [0.15, 0.2) is 0 Å². The number of hydrogen-bond donors (Lipinski definition) is 0. The minimum Gasteiger partial charge on any atom is -0.496 e. The molecular weight excluding hydrogens is 214 g/mol. The average Bonchev–Trinajstić information content (AvgIpc) is 2.88. The minimum atomic E-state index is 0.596. The topological polar surface area (TPSA) is 30.8 Å². The number of fused-ring (bicyclic) bond motifs is 1. The van der Waals surface area contributed by atoms with Crippen LogP contribution in [0.15, 0.2) is 17.1 Å². The monoisotopic (exact) mass is 231 g/mol. The SMILES string of the molecule is COc1ccc(C2CCOCC2)c2c1CC=N2. The molecule has 3 nitrogen and oxygen atoms in total. The van der Waals surface area contributed by atoms with Crippen LogP contribution in [0.25, 0.3) is 0 Å². The summed E-state index contributed by atoms with van der Waals surface area (Å²) in [7, 11) is 1.72. The van der Waals surface area contributed by atoms with Gasteiger partial charge >= 0.3 is 0 Å². The zero-order chi connectivity index (χ0) is 11.7. The van der Waals surface area contributed by atoms with Gasteiger partial charge in [-0.1, -0.05) is 6.07 Å². The first kappa shape index (κ1) is 10.8. The fourth-order valence-corrected chi connectivity index (χ4v) is 2.74. The summed E-state index contributed by atoms with van der Waals surface area (Å²) in [6.07, 6.45) is 5.09. The first-order valence-corrected chi connectivity index (χ1v) is 6.20. The molecule has 0 saturated carbocycles. The molecule has 0 radical (unpaired) electrons. The molecule has 0 atom stereocenters. The Bertz CT molecular complexity index is 448. The number of benzene rings is 1. The van der Waals surface area contributed by atoms with Crippen molar-refractivity contribution < 1.29 is 9.47 Å². The van der Waals surface area contributed by atoms with E-state index in [4.69, 9.17) is 9.47 Å². The number of methoxy groups -OCH3 is 1. The molecule has 0 bridgehead atoms. The summed E-state index contributed by atoms with van der Waals surface area (Å²) in [6, 6.07) is 4.26. The van der Waals surface area contributed by atoms with Gasteiger partial charge in [-0.3, -0.25) is 4.99 Å². The third-order valence-electron chi connectivity index (χ3n) is 3.67. The van der Waals surface area contributed by atoms with E-state index in [1.807, 2.05) is 6.21 Å². The predicted molar refractivity (Wildman–Crippen MR) is 67.6 cm³/mol. The Morgan fingerprint density at radius 3 is 2.88 bits per heavy atom. The van der Waals surface area contributed by atoms with E-state index < -0.39 is 0 Å². The standard InChI is InChI=1S/C14H17NO2/c1-16-13-3-2-11(10-5-8-17-9-6-10)14-12(13)4-7-15-14/h2-3,7,10H,4-6,8-9H2,1H3. The molecule has 0 N–H and O–H groups in total. The number of aliphatic imine (C=N–C) groups is 1. The van der Waals surface area contributed by atoms with Gasteiger partial charge in [-0.05, 0) is 30.4 Å². The van der Waals surface area contributed by atoms with Crippen LogP contribution in [0.2, 0.25) is 0 Å². The largest absolute Gasteiger partial charge is 0.496 e. The Hall–Kier alpha value is -1.35. The molecule has 2 aliphatic heterocycles. The Balaban J connectivity index is 1.99. The lowest BCUT2D eigenvalue weighted by molar-refractivity contribution is 0.0854. The maximum Gasteiger partial charge on any atom is 0.124 e. The molecular formula is C14H17NO2. The molecule has 0 aromatic heterocycles. The zero-order valence-corrected chi connectivity index (χ0v) is 10.1. The van der Waals surface area contributed by atoms with Crippen molar-refractivity contribution in [2.75, 3.05) is 20.3 Å². The highest BCUT2D eigenvalue weighted by Gasteiger charge is 2.23. The molecule has 0 amide bonds. The predicted octanol–water partition coefficient (Wildman–Crippen LogP) is 2.85. The van der Waals surface area contributed by atoms with Gasteiger partial charge in [0.2, 0.25) is 0 Å². The second kappa shape index (κ2) is 4.49. The van der Waals surface area contributed by atoms with Crippen LogP contribution in [-0.4, -0.2) is 26.5 Å². The van der Waals surface area contributed by atoms with E-state index in [9.17, 15) is 0 Å². The van der Waals surface area contributed by atoms with E-state index in [1.54, 1.807) is 7.11 Å². The van der Waals surface area contributed by atoms with Crippen LogP contribution in [0.4, 0.5) is 5.69 Å². The summed E-state index contributed by atoms with van der Waals surface area (Å²) in [6.45, 7) is 1.74. The van der Waals surface area contributed by atoms with Crippen molar-refractivity contribution in [1.82, 2.24) is 0 Å². The normalized spacial score (nSPS) is 19.4. The summed E-state index contributed by atoms with van der Waals surface area (Å²) in [5.41, 5.74) is 3.77. The van der Waals surface area contributed by atoms with Crippen molar-refractivity contribution in [3.8, 4) is 5.75 Å². The minimum absolute atomic E-state index is 0.596. The van der Waals surface area contributed by atoms with Crippen molar-refractivity contribution in [3.05, 3.63) is 23.3 Å².